The van der Waals surface area contributed by atoms with Crippen molar-refractivity contribution >= 4 is 18.4 Å². The molecule has 0 amide bonds. The molecule has 0 bridgehead atoms. The summed E-state index contributed by atoms with van der Waals surface area (Å²) in [6.45, 7) is 6.31. The van der Waals surface area contributed by atoms with Crippen LogP contribution in [0, 0.1) is 6.92 Å². The molecule has 3 aromatic rings. The van der Waals surface area contributed by atoms with E-state index < -0.39 is 7.37 Å². The fourth-order valence-electron chi connectivity index (χ4n) is 3.98. The zero-order valence-corrected chi connectivity index (χ0v) is 18.2. The summed E-state index contributed by atoms with van der Waals surface area (Å²) in [6, 6.07) is 25.5. The number of para-hydroxylation sites is 2. The maximum atomic E-state index is 14.4. The molecule has 4 heteroatoms. The van der Waals surface area contributed by atoms with Crippen LogP contribution in [-0.4, -0.2) is 7.05 Å². The van der Waals surface area contributed by atoms with Gasteiger partial charge in [-0.2, -0.15) is 0 Å². The third-order valence-corrected chi connectivity index (χ3v) is 7.75. The molecule has 1 atom stereocenters. The third-order valence-electron chi connectivity index (χ3n) is 5.68. The monoisotopic (exact) mass is 403 g/mol. The van der Waals surface area contributed by atoms with Crippen LogP contribution in [0.5, 0.6) is 5.75 Å². The molecule has 1 heterocycles. The van der Waals surface area contributed by atoms with Crippen molar-refractivity contribution in [3.8, 4) is 5.75 Å². The molecule has 0 saturated carbocycles. The van der Waals surface area contributed by atoms with E-state index in [-0.39, 0.29) is 5.41 Å². The molecule has 0 radical (unpaired) electrons. The van der Waals surface area contributed by atoms with Crippen molar-refractivity contribution in [1.29, 1.82) is 0 Å². The predicted octanol–water partition coefficient (Wildman–Crippen LogP) is 6.25. The van der Waals surface area contributed by atoms with Gasteiger partial charge in [0, 0.05) is 29.7 Å². The van der Waals surface area contributed by atoms with Crippen LogP contribution < -0.4 is 14.7 Å². The summed E-state index contributed by atoms with van der Waals surface area (Å²) in [4.78, 5) is 2.13. The van der Waals surface area contributed by atoms with Gasteiger partial charge < -0.3 is 9.42 Å². The molecule has 29 heavy (non-hydrogen) atoms. The van der Waals surface area contributed by atoms with Gasteiger partial charge >= 0.3 is 7.37 Å². The number of fused-ring (bicyclic) bond motifs is 1. The predicted molar refractivity (Wildman–Crippen MR) is 121 cm³/mol. The van der Waals surface area contributed by atoms with Gasteiger partial charge in [0.15, 0.2) is 0 Å². The van der Waals surface area contributed by atoms with E-state index in [4.69, 9.17) is 4.52 Å². The number of benzene rings is 3. The number of hydrogen-bond donors (Lipinski definition) is 0. The lowest BCUT2D eigenvalue weighted by atomic mass is 9.84. The first-order valence-electron chi connectivity index (χ1n) is 9.80. The van der Waals surface area contributed by atoms with Gasteiger partial charge in [-0.05, 0) is 42.3 Å². The highest BCUT2D eigenvalue weighted by Crippen LogP contribution is 2.55. The summed E-state index contributed by atoms with van der Waals surface area (Å²) in [7, 11) is -1.29. The summed E-state index contributed by atoms with van der Waals surface area (Å²) >= 11 is 0. The van der Waals surface area contributed by atoms with Gasteiger partial charge in [0.05, 0.1) is 5.30 Å². The van der Waals surface area contributed by atoms with Crippen molar-refractivity contribution in [2.75, 3.05) is 11.9 Å². The van der Waals surface area contributed by atoms with Crippen molar-refractivity contribution in [2.24, 2.45) is 0 Å². The van der Waals surface area contributed by atoms with Crippen LogP contribution in [0.1, 0.15) is 25.0 Å². The van der Waals surface area contributed by atoms with E-state index in [0.29, 0.717) is 11.1 Å². The van der Waals surface area contributed by atoms with Crippen LogP contribution in [0.15, 0.2) is 90.4 Å². The van der Waals surface area contributed by atoms with Gasteiger partial charge in [0.1, 0.15) is 5.75 Å². The molecule has 0 N–H and O–H groups in total. The highest BCUT2D eigenvalue weighted by molar-refractivity contribution is 7.70. The van der Waals surface area contributed by atoms with E-state index in [1.165, 1.54) is 5.56 Å². The number of hydrogen-bond acceptors (Lipinski definition) is 3. The minimum Gasteiger partial charge on any atom is -0.437 e. The topological polar surface area (TPSA) is 29.5 Å². The van der Waals surface area contributed by atoms with Crippen LogP contribution in [0.25, 0.3) is 0 Å². The largest absolute Gasteiger partial charge is 0.437 e. The molecule has 3 nitrogen and oxygen atoms in total. The number of anilines is 1. The van der Waals surface area contributed by atoms with E-state index in [9.17, 15) is 4.57 Å². The maximum Gasteiger partial charge on any atom is 0.301 e. The molecule has 0 saturated heterocycles. The molecule has 0 aliphatic carbocycles. The molecule has 0 fully saturated rings. The number of allylic oxidation sites excluding steroid dienone is 1. The molecule has 1 unspecified atom stereocenters. The Morgan fingerprint density at radius 1 is 0.897 bits per heavy atom. The molecular formula is C25H26NO2P. The quantitative estimate of drug-likeness (QED) is 0.483. The van der Waals surface area contributed by atoms with Gasteiger partial charge in [0.2, 0.25) is 0 Å². The Bertz CT molecular complexity index is 1120. The SMILES string of the molecule is Cc1ccccc1OP(=O)(/C=C1\N(C)c2ccccc2C1(C)C)c1ccccc1. The Hall–Kier alpha value is -2.77. The molecule has 0 spiro atoms. The molecule has 3 aromatic carbocycles. The molecule has 0 aromatic heterocycles. The molecule has 4 rings (SSSR count). The summed E-state index contributed by atoms with van der Waals surface area (Å²) in [6.07, 6.45) is 0. The lowest BCUT2D eigenvalue weighted by molar-refractivity contribution is 0.498. The Morgan fingerprint density at radius 2 is 1.52 bits per heavy atom. The second-order valence-electron chi connectivity index (χ2n) is 8.00. The van der Waals surface area contributed by atoms with E-state index in [1.807, 2.05) is 80.5 Å². The Morgan fingerprint density at radius 3 is 2.21 bits per heavy atom. The normalized spacial score (nSPS) is 18.3. The second-order valence-corrected chi connectivity index (χ2v) is 10.2. The summed E-state index contributed by atoms with van der Waals surface area (Å²) in [5, 5.41) is 0.691. The number of likely N-dealkylation sites (N-methyl/N-ethyl adjacent to an activating group) is 1. The van der Waals surface area contributed by atoms with Crippen LogP contribution in [-0.2, 0) is 9.98 Å². The zero-order valence-electron chi connectivity index (χ0n) is 17.3. The lowest BCUT2D eigenvalue weighted by Gasteiger charge is -2.27. The van der Waals surface area contributed by atoms with Gasteiger partial charge in [-0.25, -0.2) is 0 Å². The molecule has 148 valence electrons. The first-order valence-corrected chi connectivity index (χ1v) is 11.5. The second kappa shape index (κ2) is 7.24. The average Bonchev–Trinajstić information content (AvgIpc) is 2.91. The minimum atomic E-state index is -3.32. The molecular weight excluding hydrogens is 377 g/mol. The Kier molecular flexibility index (Phi) is 4.88. The van der Waals surface area contributed by atoms with Crippen LogP contribution in [0.3, 0.4) is 0 Å². The van der Waals surface area contributed by atoms with E-state index in [1.54, 1.807) is 0 Å². The first-order chi connectivity index (χ1) is 13.8. The highest BCUT2D eigenvalue weighted by atomic mass is 31.2. The van der Waals surface area contributed by atoms with Crippen LogP contribution in [0.2, 0.25) is 0 Å². The van der Waals surface area contributed by atoms with Gasteiger partial charge in [-0.1, -0.05) is 68.4 Å². The van der Waals surface area contributed by atoms with Crippen molar-refractivity contribution < 1.29 is 9.09 Å². The van der Waals surface area contributed by atoms with E-state index in [0.717, 1.165) is 16.9 Å². The van der Waals surface area contributed by atoms with Crippen LogP contribution >= 0.6 is 7.37 Å². The number of rotatable bonds is 4. The van der Waals surface area contributed by atoms with Gasteiger partial charge in [-0.15, -0.1) is 0 Å². The van der Waals surface area contributed by atoms with E-state index in [2.05, 4.69) is 36.9 Å². The number of nitrogens with zero attached hydrogens (tertiary/aromatic N) is 1. The maximum absolute atomic E-state index is 14.4. The van der Waals surface area contributed by atoms with Gasteiger partial charge in [-0.3, -0.25) is 4.57 Å². The van der Waals surface area contributed by atoms with E-state index >= 15 is 0 Å². The van der Waals surface area contributed by atoms with Crippen molar-refractivity contribution in [2.45, 2.75) is 26.2 Å². The summed E-state index contributed by atoms with van der Waals surface area (Å²) in [5.41, 5.74) is 4.04. The fourth-order valence-corrected chi connectivity index (χ4v) is 6.19. The Balaban J connectivity index is 1.87. The average molecular weight is 403 g/mol. The summed E-state index contributed by atoms with van der Waals surface area (Å²) in [5.74, 6) is 2.50. The minimum absolute atomic E-state index is 0.273. The first kappa shape index (κ1) is 19.5. The fraction of sp³-hybridized carbons (Fsp3) is 0.200. The van der Waals surface area contributed by atoms with Gasteiger partial charge in [0.25, 0.3) is 0 Å². The van der Waals surface area contributed by atoms with Crippen molar-refractivity contribution in [3.05, 3.63) is 102 Å². The van der Waals surface area contributed by atoms with Crippen molar-refractivity contribution in [1.82, 2.24) is 0 Å². The van der Waals surface area contributed by atoms with Crippen molar-refractivity contribution in [3.63, 3.8) is 0 Å². The molecule has 1 aliphatic rings. The summed E-state index contributed by atoms with van der Waals surface area (Å²) < 4.78 is 20.6. The standard InChI is InChI=1S/C25H26NO2P/c1-19-12-8-11-17-23(19)28-29(27,20-13-6-5-7-14-20)18-24-25(2,3)21-15-9-10-16-22(21)26(24)4/h5-18H,1-4H3/b24-18-. The molecule has 1 aliphatic heterocycles. The van der Waals surface area contributed by atoms with Crippen LogP contribution in [0.4, 0.5) is 5.69 Å². The smallest absolute Gasteiger partial charge is 0.301 e. The highest BCUT2D eigenvalue weighted by Gasteiger charge is 2.41. The Labute approximate surface area is 173 Å². The number of aryl methyl sites for hydroxylation is 1. The lowest BCUT2D eigenvalue weighted by Crippen LogP contribution is -2.24. The third kappa shape index (κ3) is 3.41. The zero-order chi connectivity index (χ0) is 20.6.